The van der Waals surface area contributed by atoms with E-state index in [4.69, 9.17) is 0 Å². The standard InChI is InChI=1S/C19H16N4O3S/c1-22(13-24)16-5-7-17(8-6-16)23-19(11-15(12-20)21-23)14-3-9-18(10-4-14)27(2,25)26/h3-11,13H,1-2H3. The number of amides is 1. The van der Waals surface area contributed by atoms with Gasteiger partial charge in [-0.05, 0) is 36.4 Å². The molecule has 0 aliphatic carbocycles. The van der Waals surface area contributed by atoms with Gasteiger partial charge in [-0.3, -0.25) is 4.79 Å². The molecule has 0 bridgehead atoms. The van der Waals surface area contributed by atoms with Crippen LogP contribution in [0.4, 0.5) is 5.69 Å². The molecule has 3 aromatic rings. The lowest BCUT2D eigenvalue weighted by Crippen LogP contribution is -2.13. The first-order valence-electron chi connectivity index (χ1n) is 7.92. The molecular formula is C19H16N4O3S. The number of carbonyl (C=O) groups is 1. The van der Waals surface area contributed by atoms with Crippen molar-refractivity contribution in [1.29, 1.82) is 5.26 Å². The van der Waals surface area contributed by atoms with Crippen molar-refractivity contribution in [3.05, 3.63) is 60.3 Å². The highest BCUT2D eigenvalue weighted by Crippen LogP contribution is 2.26. The van der Waals surface area contributed by atoms with Crippen molar-refractivity contribution in [3.8, 4) is 23.0 Å². The van der Waals surface area contributed by atoms with Crippen LogP contribution in [0.1, 0.15) is 5.69 Å². The summed E-state index contributed by atoms with van der Waals surface area (Å²) < 4.78 is 24.9. The highest BCUT2D eigenvalue weighted by Gasteiger charge is 2.14. The number of hydrogen-bond acceptors (Lipinski definition) is 5. The van der Waals surface area contributed by atoms with E-state index in [1.165, 1.54) is 17.0 Å². The molecule has 0 spiro atoms. The third-order valence-corrected chi connectivity index (χ3v) is 5.19. The van der Waals surface area contributed by atoms with Gasteiger partial charge >= 0.3 is 0 Å². The van der Waals surface area contributed by atoms with Crippen molar-refractivity contribution >= 4 is 21.9 Å². The number of sulfone groups is 1. The molecule has 7 nitrogen and oxygen atoms in total. The number of rotatable bonds is 5. The second-order valence-electron chi connectivity index (χ2n) is 5.97. The molecule has 1 amide bonds. The van der Waals surface area contributed by atoms with Gasteiger partial charge in [0.15, 0.2) is 15.5 Å². The maximum absolute atomic E-state index is 11.6. The smallest absolute Gasteiger partial charge is 0.213 e. The highest BCUT2D eigenvalue weighted by atomic mass is 32.2. The molecule has 0 atom stereocenters. The van der Waals surface area contributed by atoms with Gasteiger partial charge < -0.3 is 4.90 Å². The van der Waals surface area contributed by atoms with Crippen LogP contribution in [0.5, 0.6) is 0 Å². The fourth-order valence-electron chi connectivity index (χ4n) is 2.60. The zero-order valence-electron chi connectivity index (χ0n) is 14.7. The van der Waals surface area contributed by atoms with E-state index in [-0.39, 0.29) is 10.6 Å². The fourth-order valence-corrected chi connectivity index (χ4v) is 3.23. The number of benzene rings is 2. The average Bonchev–Trinajstić information content (AvgIpc) is 3.11. The average molecular weight is 380 g/mol. The van der Waals surface area contributed by atoms with E-state index in [1.807, 2.05) is 6.07 Å². The third kappa shape index (κ3) is 3.73. The Hall–Kier alpha value is -3.44. The van der Waals surface area contributed by atoms with Crippen LogP contribution in [0, 0.1) is 11.3 Å². The van der Waals surface area contributed by atoms with Crippen LogP contribution in [0.3, 0.4) is 0 Å². The molecule has 8 heteroatoms. The molecule has 3 rings (SSSR count). The molecule has 136 valence electrons. The summed E-state index contributed by atoms with van der Waals surface area (Å²) in [6.07, 6.45) is 1.86. The molecule has 0 unspecified atom stereocenters. The predicted octanol–water partition coefficient (Wildman–Crippen LogP) is 2.41. The monoisotopic (exact) mass is 380 g/mol. The summed E-state index contributed by atoms with van der Waals surface area (Å²) in [6, 6.07) is 17.2. The molecule has 1 heterocycles. The number of hydrogen-bond donors (Lipinski definition) is 0. The third-order valence-electron chi connectivity index (χ3n) is 4.06. The van der Waals surface area contributed by atoms with Crippen molar-refractivity contribution in [2.24, 2.45) is 0 Å². The molecule has 27 heavy (non-hydrogen) atoms. The topological polar surface area (TPSA) is 96.1 Å². The minimum Gasteiger partial charge on any atom is -0.318 e. The van der Waals surface area contributed by atoms with Crippen LogP contribution >= 0.6 is 0 Å². The van der Waals surface area contributed by atoms with Gasteiger partial charge in [0.1, 0.15) is 6.07 Å². The quantitative estimate of drug-likeness (QED) is 0.633. The molecule has 1 aromatic heterocycles. The summed E-state index contributed by atoms with van der Waals surface area (Å²) in [5, 5.41) is 13.5. The maximum Gasteiger partial charge on any atom is 0.213 e. The van der Waals surface area contributed by atoms with E-state index in [9.17, 15) is 18.5 Å². The van der Waals surface area contributed by atoms with Crippen LogP contribution in [0.25, 0.3) is 16.9 Å². The Bertz CT molecular complexity index is 1130. The zero-order chi connectivity index (χ0) is 19.6. The highest BCUT2D eigenvalue weighted by molar-refractivity contribution is 7.90. The van der Waals surface area contributed by atoms with E-state index < -0.39 is 9.84 Å². The summed E-state index contributed by atoms with van der Waals surface area (Å²) >= 11 is 0. The first kappa shape index (κ1) is 18.4. The summed E-state index contributed by atoms with van der Waals surface area (Å²) in [5.74, 6) is 0. The van der Waals surface area contributed by atoms with Gasteiger partial charge in [-0.2, -0.15) is 10.4 Å². The van der Waals surface area contributed by atoms with E-state index in [0.29, 0.717) is 17.8 Å². The minimum absolute atomic E-state index is 0.221. The Morgan fingerprint density at radius 3 is 2.26 bits per heavy atom. The van der Waals surface area contributed by atoms with E-state index in [1.54, 1.807) is 54.2 Å². The van der Waals surface area contributed by atoms with Crippen LogP contribution in [0.2, 0.25) is 0 Å². The number of nitriles is 1. The Kier molecular flexibility index (Phi) is 4.79. The first-order chi connectivity index (χ1) is 12.8. The fraction of sp³-hybridized carbons (Fsp3) is 0.105. The van der Waals surface area contributed by atoms with Crippen LogP contribution in [0.15, 0.2) is 59.5 Å². The second-order valence-corrected chi connectivity index (χ2v) is 7.98. The summed E-state index contributed by atoms with van der Waals surface area (Å²) in [5.41, 5.74) is 3.06. The van der Waals surface area contributed by atoms with E-state index in [0.717, 1.165) is 17.5 Å². The molecule has 0 aliphatic heterocycles. The first-order valence-corrected chi connectivity index (χ1v) is 9.82. The SMILES string of the molecule is CN(C=O)c1ccc(-n2nc(C#N)cc2-c2ccc(S(C)(=O)=O)cc2)cc1. The molecule has 0 saturated carbocycles. The minimum atomic E-state index is -3.29. The lowest BCUT2D eigenvalue weighted by Gasteiger charge is -2.12. The maximum atomic E-state index is 11.6. The van der Waals surface area contributed by atoms with Crippen molar-refractivity contribution in [2.45, 2.75) is 4.90 Å². The van der Waals surface area contributed by atoms with Crippen molar-refractivity contribution in [2.75, 3.05) is 18.2 Å². The number of aromatic nitrogens is 2. The number of carbonyl (C=O) groups excluding carboxylic acids is 1. The van der Waals surface area contributed by atoms with E-state index in [2.05, 4.69) is 5.10 Å². The van der Waals surface area contributed by atoms with Crippen LogP contribution < -0.4 is 4.90 Å². The second kappa shape index (κ2) is 7.05. The predicted molar refractivity (Wildman–Crippen MR) is 101 cm³/mol. The van der Waals surface area contributed by atoms with Crippen molar-refractivity contribution in [1.82, 2.24) is 9.78 Å². The molecule has 0 radical (unpaired) electrons. The van der Waals surface area contributed by atoms with Gasteiger partial charge in [0.05, 0.1) is 16.3 Å². The summed E-state index contributed by atoms with van der Waals surface area (Å²) in [7, 11) is -1.64. The molecule has 0 N–H and O–H groups in total. The summed E-state index contributed by atoms with van der Waals surface area (Å²) in [6.45, 7) is 0. The lowest BCUT2D eigenvalue weighted by atomic mass is 10.1. The molecule has 0 fully saturated rings. The van der Waals surface area contributed by atoms with Crippen LogP contribution in [-0.4, -0.2) is 37.9 Å². The zero-order valence-corrected chi connectivity index (χ0v) is 15.5. The van der Waals surface area contributed by atoms with Gasteiger partial charge in [-0.15, -0.1) is 0 Å². The van der Waals surface area contributed by atoms with Gasteiger partial charge in [-0.1, -0.05) is 12.1 Å². The molecule has 2 aromatic carbocycles. The van der Waals surface area contributed by atoms with Gasteiger partial charge in [0.2, 0.25) is 6.41 Å². The Balaban J connectivity index is 2.07. The lowest BCUT2D eigenvalue weighted by molar-refractivity contribution is -0.107. The Morgan fingerprint density at radius 2 is 1.74 bits per heavy atom. The van der Waals surface area contributed by atoms with Gasteiger partial charge in [0, 0.05) is 30.6 Å². The molecular weight excluding hydrogens is 364 g/mol. The summed E-state index contributed by atoms with van der Waals surface area (Å²) in [4.78, 5) is 12.5. The number of anilines is 1. The van der Waals surface area contributed by atoms with Crippen molar-refractivity contribution < 1.29 is 13.2 Å². The Labute approximate surface area is 157 Å². The van der Waals surface area contributed by atoms with Crippen LogP contribution in [-0.2, 0) is 14.6 Å². The molecule has 0 aliphatic rings. The molecule has 0 saturated heterocycles. The number of nitrogens with zero attached hydrogens (tertiary/aromatic N) is 4. The normalized spacial score (nSPS) is 11.0. The van der Waals surface area contributed by atoms with Gasteiger partial charge in [-0.25, -0.2) is 13.1 Å². The van der Waals surface area contributed by atoms with E-state index >= 15 is 0 Å². The van der Waals surface area contributed by atoms with Crippen molar-refractivity contribution in [3.63, 3.8) is 0 Å². The van der Waals surface area contributed by atoms with Gasteiger partial charge in [0.25, 0.3) is 0 Å². The largest absolute Gasteiger partial charge is 0.318 e. The Morgan fingerprint density at radius 1 is 1.11 bits per heavy atom.